The molecule has 0 bridgehead atoms. The highest BCUT2D eigenvalue weighted by Crippen LogP contribution is 2.32. The Bertz CT molecular complexity index is 350. The fourth-order valence-corrected chi connectivity index (χ4v) is 2.58. The molecule has 2 rings (SSSR count). The predicted molar refractivity (Wildman–Crippen MR) is 69.9 cm³/mol. The molecular formula is C14H19ClO2. The summed E-state index contributed by atoms with van der Waals surface area (Å²) in [5.74, 6) is 0.903. The molecule has 1 aliphatic rings. The first-order chi connectivity index (χ1) is 8.24. The van der Waals surface area contributed by atoms with Crippen LogP contribution in [0.3, 0.4) is 0 Å². The average Bonchev–Trinajstić information content (AvgIpc) is 2.31. The molecule has 3 heteroatoms. The van der Waals surface area contributed by atoms with Crippen molar-refractivity contribution in [3.05, 3.63) is 29.8 Å². The second-order valence-electron chi connectivity index (χ2n) is 4.50. The molecular weight excluding hydrogens is 236 g/mol. The normalized spacial score (nSPS) is 27.6. The van der Waals surface area contributed by atoms with Gasteiger partial charge >= 0.3 is 0 Å². The molecule has 94 valence electrons. The van der Waals surface area contributed by atoms with Crippen molar-refractivity contribution >= 4 is 11.6 Å². The first kappa shape index (κ1) is 12.7. The van der Waals surface area contributed by atoms with E-state index in [2.05, 4.69) is 19.1 Å². The van der Waals surface area contributed by atoms with Crippen LogP contribution in [0.5, 0.6) is 5.75 Å². The van der Waals surface area contributed by atoms with Crippen molar-refractivity contribution in [2.45, 2.75) is 43.8 Å². The molecule has 0 amide bonds. The number of rotatable bonds is 5. The van der Waals surface area contributed by atoms with Crippen molar-refractivity contribution in [3.63, 3.8) is 0 Å². The number of halogens is 1. The number of aryl methyl sites for hydroxylation is 1. The Morgan fingerprint density at radius 1 is 1.29 bits per heavy atom. The van der Waals surface area contributed by atoms with Crippen LogP contribution in [-0.2, 0) is 11.2 Å². The number of ether oxygens (including phenoxy) is 2. The van der Waals surface area contributed by atoms with Crippen LogP contribution in [0.25, 0.3) is 0 Å². The zero-order valence-electron chi connectivity index (χ0n) is 10.4. The molecule has 0 saturated heterocycles. The minimum absolute atomic E-state index is 0.0204. The van der Waals surface area contributed by atoms with Crippen molar-refractivity contribution < 1.29 is 9.47 Å². The van der Waals surface area contributed by atoms with Gasteiger partial charge in [-0.3, -0.25) is 0 Å². The van der Waals surface area contributed by atoms with E-state index in [9.17, 15) is 0 Å². The predicted octanol–water partition coefficient (Wildman–Crippen LogP) is 3.41. The molecule has 1 saturated carbocycles. The van der Waals surface area contributed by atoms with Crippen LogP contribution in [-0.4, -0.2) is 24.7 Å². The van der Waals surface area contributed by atoms with E-state index in [1.807, 2.05) is 12.1 Å². The van der Waals surface area contributed by atoms with E-state index in [1.54, 1.807) is 7.11 Å². The smallest absolute Gasteiger partial charge is 0.128 e. The fraction of sp³-hybridized carbons (Fsp3) is 0.571. The Hall–Kier alpha value is -0.730. The van der Waals surface area contributed by atoms with Crippen LogP contribution < -0.4 is 4.74 Å². The second kappa shape index (κ2) is 5.74. The van der Waals surface area contributed by atoms with E-state index in [4.69, 9.17) is 21.1 Å². The Balaban J connectivity index is 1.91. The minimum Gasteiger partial charge on any atom is -0.488 e. The molecule has 1 aromatic carbocycles. The summed E-state index contributed by atoms with van der Waals surface area (Å²) in [7, 11) is 1.68. The summed E-state index contributed by atoms with van der Waals surface area (Å²) >= 11 is 6.04. The quantitative estimate of drug-likeness (QED) is 0.750. The lowest BCUT2D eigenvalue weighted by atomic mass is 9.91. The average molecular weight is 255 g/mol. The highest BCUT2D eigenvalue weighted by Gasteiger charge is 2.42. The van der Waals surface area contributed by atoms with E-state index in [-0.39, 0.29) is 17.6 Å². The molecule has 1 aromatic rings. The molecule has 1 aliphatic carbocycles. The summed E-state index contributed by atoms with van der Waals surface area (Å²) in [6.07, 6.45) is 3.26. The summed E-state index contributed by atoms with van der Waals surface area (Å²) in [6, 6.07) is 8.30. The zero-order chi connectivity index (χ0) is 12.3. The summed E-state index contributed by atoms with van der Waals surface area (Å²) in [5.41, 5.74) is 1.35. The maximum absolute atomic E-state index is 6.04. The van der Waals surface area contributed by atoms with Gasteiger partial charge in [0.2, 0.25) is 0 Å². The SMILES string of the molecule is CCCc1ccc(OC2CC(Cl)C2OC)cc1. The third-order valence-electron chi connectivity index (χ3n) is 3.20. The van der Waals surface area contributed by atoms with Gasteiger partial charge in [0.25, 0.3) is 0 Å². The van der Waals surface area contributed by atoms with E-state index in [0.29, 0.717) is 0 Å². The van der Waals surface area contributed by atoms with Crippen molar-refractivity contribution in [3.8, 4) is 5.75 Å². The molecule has 2 nitrogen and oxygen atoms in total. The van der Waals surface area contributed by atoms with Crippen molar-refractivity contribution in [1.29, 1.82) is 0 Å². The number of hydrogen-bond acceptors (Lipinski definition) is 2. The van der Waals surface area contributed by atoms with Crippen LogP contribution in [0.15, 0.2) is 24.3 Å². The topological polar surface area (TPSA) is 18.5 Å². The molecule has 17 heavy (non-hydrogen) atoms. The van der Waals surface area contributed by atoms with E-state index in [1.165, 1.54) is 12.0 Å². The van der Waals surface area contributed by atoms with Gasteiger partial charge in [0.15, 0.2) is 0 Å². The lowest BCUT2D eigenvalue weighted by Crippen LogP contribution is -2.52. The van der Waals surface area contributed by atoms with E-state index >= 15 is 0 Å². The van der Waals surface area contributed by atoms with Gasteiger partial charge in [0.05, 0.1) is 5.38 Å². The Labute approximate surface area is 108 Å². The van der Waals surface area contributed by atoms with Crippen LogP contribution >= 0.6 is 11.6 Å². The maximum Gasteiger partial charge on any atom is 0.128 e. The Kier molecular flexibility index (Phi) is 4.30. The molecule has 1 fully saturated rings. The van der Waals surface area contributed by atoms with Gasteiger partial charge in [0.1, 0.15) is 18.0 Å². The summed E-state index contributed by atoms with van der Waals surface area (Å²) in [4.78, 5) is 0. The van der Waals surface area contributed by atoms with Gasteiger partial charge in [-0.25, -0.2) is 0 Å². The third kappa shape index (κ3) is 2.93. The van der Waals surface area contributed by atoms with Gasteiger partial charge in [-0.15, -0.1) is 11.6 Å². The third-order valence-corrected chi connectivity index (χ3v) is 3.63. The van der Waals surface area contributed by atoms with E-state index in [0.717, 1.165) is 18.6 Å². The standard InChI is InChI=1S/C14H19ClO2/c1-3-4-10-5-7-11(8-6-10)17-13-9-12(15)14(13)16-2/h5-8,12-14H,3-4,9H2,1-2H3. The highest BCUT2D eigenvalue weighted by molar-refractivity contribution is 6.21. The summed E-state index contributed by atoms with van der Waals surface area (Å²) in [6.45, 7) is 2.18. The second-order valence-corrected chi connectivity index (χ2v) is 5.06. The molecule has 0 N–H and O–H groups in total. The monoisotopic (exact) mass is 254 g/mol. The fourth-order valence-electron chi connectivity index (χ4n) is 2.14. The first-order valence-electron chi connectivity index (χ1n) is 6.17. The number of alkyl halides is 1. The largest absolute Gasteiger partial charge is 0.488 e. The number of methoxy groups -OCH3 is 1. The van der Waals surface area contributed by atoms with Gasteiger partial charge in [-0.2, -0.15) is 0 Å². The summed E-state index contributed by atoms with van der Waals surface area (Å²) in [5, 5.41) is 0.0874. The Morgan fingerprint density at radius 2 is 2.00 bits per heavy atom. The summed E-state index contributed by atoms with van der Waals surface area (Å²) < 4.78 is 11.1. The molecule has 0 aromatic heterocycles. The van der Waals surface area contributed by atoms with Crippen LogP contribution in [0.1, 0.15) is 25.3 Å². The molecule has 0 radical (unpaired) electrons. The van der Waals surface area contributed by atoms with Gasteiger partial charge in [-0.1, -0.05) is 25.5 Å². The molecule has 3 unspecified atom stereocenters. The van der Waals surface area contributed by atoms with Crippen molar-refractivity contribution in [2.24, 2.45) is 0 Å². The zero-order valence-corrected chi connectivity index (χ0v) is 11.1. The van der Waals surface area contributed by atoms with Gasteiger partial charge in [0, 0.05) is 13.5 Å². The molecule has 3 atom stereocenters. The minimum atomic E-state index is 0.0204. The number of benzene rings is 1. The first-order valence-corrected chi connectivity index (χ1v) is 6.60. The van der Waals surface area contributed by atoms with Gasteiger partial charge < -0.3 is 9.47 Å². The van der Waals surface area contributed by atoms with Crippen molar-refractivity contribution in [2.75, 3.05) is 7.11 Å². The highest BCUT2D eigenvalue weighted by atomic mass is 35.5. The Morgan fingerprint density at radius 3 is 2.53 bits per heavy atom. The van der Waals surface area contributed by atoms with Crippen molar-refractivity contribution in [1.82, 2.24) is 0 Å². The van der Waals surface area contributed by atoms with E-state index < -0.39 is 0 Å². The lowest BCUT2D eigenvalue weighted by Gasteiger charge is -2.39. The molecule has 0 aliphatic heterocycles. The molecule has 0 heterocycles. The maximum atomic E-state index is 6.04. The molecule has 0 spiro atoms. The van der Waals surface area contributed by atoms with Crippen LogP contribution in [0.4, 0.5) is 0 Å². The van der Waals surface area contributed by atoms with Crippen LogP contribution in [0, 0.1) is 0 Å². The number of hydrogen-bond donors (Lipinski definition) is 0. The van der Waals surface area contributed by atoms with Gasteiger partial charge in [-0.05, 0) is 24.1 Å². The lowest BCUT2D eigenvalue weighted by molar-refractivity contribution is -0.0583. The van der Waals surface area contributed by atoms with Crippen LogP contribution in [0.2, 0.25) is 0 Å².